The summed E-state index contributed by atoms with van der Waals surface area (Å²) in [6.45, 7) is 0.586. The van der Waals surface area contributed by atoms with Gasteiger partial charge < -0.3 is 29.5 Å². The number of ether oxygens (including phenoxy) is 1. The lowest BCUT2D eigenvalue weighted by Gasteiger charge is -2.18. The maximum Gasteiger partial charge on any atom is 0.337 e. The summed E-state index contributed by atoms with van der Waals surface area (Å²) in [6, 6.07) is 24.0. The number of para-hydroxylation sites is 2. The zero-order chi connectivity index (χ0) is 30.2. The molecular formula is C33H31N3O7. The SMILES string of the molecule is COC(=O)c1ccc(CCNC(=O)[C@H](CCCNC(=O)c2cc3ccccc3o2)NC(=O)c2cc3ccccc3o2)cc1. The van der Waals surface area contributed by atoms with Crippen LogP contribution in [0.5, 0.6) is 0 Å². The number of nitrogens with one attached hydrogen (secondary N) is 3. The Balaban J connectivity index is 1.18. The molecule has 10 nitrogen and oxygen atoms in total. The van der Waals surface area contributed by atoms with E-state index in [0.717, 1.165) is 16.3 Å². The Morgan fingerprint density at radius 3 is 1.95 bits per heavy atom. The van der Waals surface area contributed by atoms with E-state index in [4.69, 9.17) is 13.6 Å². The molecule has 0 fully saturated rings. The lowest BCUT2D eigenvalue weighted by molar-refractivity contribution is -0.123. The molecule has 3 N–H and O–H groups in total. The van der Waals surface area contributed by atoms with E-state index >= 15 is 0 Å². The van der Waals surface area contributed by atoms with Crippen LogP contribution in [0, 0.1) is 0 Å². The molecule has 1 atom stereocenters. The molecule has 220 valence electrons. The van der Waals surface area contributed by atoms with Crippen molar-refractivity contribution in [2.24, 2.45) is 0 Å². The summed E-state index contributed by atoms with van der Waals surface area (Å²) < 4.78 is 16.0. The van der Waals surface area contributed by atoms with E-state index in [1.54, 1.807) is 48.5 Å². The van der Waals surface area contributed by atoms with E-state index < -0.39 is 17.9 Å². The molecule has 0 saturated heterocycles. The number of esters is 1. The summed E-state index contributed by atoms with van der Waals surface area (Å²) in [5, 5.41) is 10.1. The van der Waals surface area contributed by atoms with Gasteiger partial charge in [-0.2, -0.15) is 0 Å². The Morgan fingerprint density at radius 1 is 0.744 bits per heavy atom. The number of rotatable bonds is 12. The van der Waals surface area contributed by atoms with E-state index in [0.29, 0.717) is 36.1 Å². The van der Waals surface area contributed by atoms with Gasteiger partial charge in [-0.1, -0.05) is 48.5 Å². The van der Waals surface area contributed by atoms with E-state index in [2.05, 4.69) is 16.0 Å². The number of hydrogen-bond acceptors (Lipinski definition) is 7. The minimum absolute atomic E-state index is 0.0999. The van der Waals surface area contributed by atoms with Crippen LogP contribution in [0.1, 0.15) is 49.9 Å². The number of fused-ring (bicyclic) bond motifs is 2. The predicted octanol–water partition coefficient (Wildman–Crippen LogP) is 4.63. The molecule has 0 aliphatic rings. The largest absolute Gasteiger partial charge is 0.465 e. The molecule has 0 radical (unpaired) electrons. The smallest absolute Gasteiger partial charge is 0.337 e. The van der Waals surface area contributed by atoms with Gasteiger partial charge in [0.05, 0.1) is 12.7 Å². The molecule has 0 unspecified atom stereocenters. The first-order valence-electron chi connectivity index (χ1n) is 13.9. The number of benzene rings is 3. The highest BCUT2D eigenvalue weighted by molar-refractivity contribution is 5.99. The van der Waals surface area contributed by atoms with E-state index in [9.17, 15) is 19.2 Å². The summed E-state index contributed by atoms with van der Waals surface area (Å²) in [5.41, 5.74) is 2.55. The normalized spacial score (nSPS) is 11.7. The van der Waals surface area contributed by atoms with Gasteiger partial charge in [0.25, 0.3) is 11.8 Å². The number of amides is 3. The van der Waals surface area contributed by atoms with Crippen LogP contribution in [0.4, 0.5) is 0 Å². The third kappa shape index (κ3) is 7.28. The average molecular weight is 582 g/mol. The lowest BCUT2D eigenvalue weighted by Crippen LogP contribution is -2.47. The molecule has 3 amide bonds. The number of carbonyl (C=O) groups is 4. The molecule has 0 aliphatic heterocycles. The molecule has 2 aromatic heterocycles. The number of methoxy groups -OCH3 is 1. The molecule has 3 aromatic carbocycles. The molecule has 43 heavy (non-hydrogen) atoms. The molecular weight excluding hydrogens is 550 g/mol. The fourth-order valence-electron chi connectivity index (χ4n) is 4.66. The third-order valence-electron chi connectivity index (χ3n) is 6.96. The monoisotopic (exact) mass is 581 g/mol. The van der Waals surface area contributed by atoms with Crippen LogP contribution in [0.15, 0.2) is 93.8 Å². The first-order chi connectivity index (χ1) is 20.9. The molecule has 5 aromatic rings. The van der Waals surface area contributed by atoms with Crippen molar-refractivity contribution in [1.82, 2.24) is 16.0 Å². The standard InChI is InChI=1S/C33H31N3O7/c1-41-33(40)22-14-12-21(13-15-22)16-18-35-30(37)25(36-32(39)29-20-24-8-3-5-11-27(24)43-29)9-6-17-34-31(38)28-19-23-7-2-4-10-26(23)42-28/h2-5,7-8,10-15,19-20,25H,6,9,16-18H2,1H3,(H,34,38)(H,35,37)(H,36,39)/t25-/m0/s1. The Hall–Kier alpha value is -5.38. The van der Waals surface area contributed by atoms with Crippen LogP contribution in [0.25, 0.3) is 21.9 Å². The van der Waals surface area contributed by atoms with Crippen LogP contribution >= 0.6 is 0 Å². The van der Waals surface area contributed by atoms with E-state index in [1.807, 2.05) is 36.4 Å². The Bertz CT molecular complexity index is 1690. The molecule has 0 aliphatic carbocycles. The van der Waals surface area contributed by atoms with Crippen LogP contribution in [0.2, 0.25) is 0 Å². The first-order valence-corrected chi connectivity index (χ1v) is 13.9. The zero-order valence-electron chi connectivity index (χ0n) is 23.6. The lowest BCUT2D eigenvalue weighted by atomic mass is 10.1. The quantitative estimate of drug-likeness (QED) is 0.144. The second-order valence-corrected chi connectivity index (χ2v) is 9.95. The van der Waals surface area contributed by atoms with Gasteiger partial charge in [-0.05, 0) is 61.2 Å². The van der Waals surface area contributed by atoms with Crippen molar-refractivity contribution in [3.8, 4) is 0 Å². The van der Waals surface area contributed by atoms with Crippen LogP contribution in [0.3, 0.4) is 0 Å². The molecule has 10 heteroatoms. The fraction of sp³-hybridized carbons (Fsp3) is 0.212. The summed E-state index contributed by atoms with van der Waals surface area (Å²) in [6.07, 6.45) is 1.20. The van der Waals surface area contributed by atoms with Crippen molar-refractivity contribution in [1.29, 1.82) is 0 Å². The topological polar surface area (TPSA) is 140 Å². The predicted molar refractivity (Wildman–Crippen MR) is 160 cm³/mol. The van der Waals surface area contributed by atoms with Gasteiger partial charge in [-0.15, -0.1) is 0 Å². The van der Waals surface area contributed by atoms with E-state index in [-0.39, 0.29) is 36.3 Å². The summed E-state index contributed by atoms with van der Waals surface area (Å²) >= 11 is 0. The van der Waals surface area contributed by atoms with Crippen LogP contribution in [-0.2, 0) is 16.0 Å². The van der Waals surface area contributed by atoms with Crippen molar-refractivity contribution in [3.05, 3.63) is 108 Å². The van der Waals surface area contributed by atoms with Gasteiger partial charge in [0.2, 0.25) is 5.91 Å². The number of carbonyl (C=O) groups excluding carboxylic acids is 4. The van der Waals surface area contributed by atoms with Crippen molar-refractivity contribution < 1.29 is 32.7 Å². The number of hydrogen-bond donors (Lipinski definition) is 3. The molecule has 5 rings (SSSR count). The minimum atomic E-state index is -0.870. The zero-order valence-corrected chi connectivity index (χ0v) is 23.6. The van der Waals surface area contributed by atoms with Crippen LogP contribution in [-0.4, -0.2) is 49.9 Å². The highest BCUT2D eigenvalue weighted by Crippen LogP contribution is 2.20. The van der Waals surface area contributed by atoms with Gasteiger partial charge in [0, 0.05) is 23.9 Å². The maximum atomic E-state index is 13.2. The second kappa shape index (κ2) is 13.5. The fourth-order valence-corrected chi connectivity index (χ4v) is 4.66. The Morgan fingerprint density at radius 2 is 1.35 bits per heavy atom. The van der Waals surface area contributed by atoms with Gasteiger partial charge in [-0.3, -0.25) is 14.4 Å². The highest BCUT2D eigenvalue weighted by Gasteiger charge is 2.23. The highest BCUT2D eigenvalue weighted by atomic mass is 16.5. The van der Waals surface area contributed by atoms with E-state index in [1.165, 1.54) is 7.11 Å². The maximum absolute atomic E-state index is 13.2. The summed E-state index contributed by atoms with van der Waals surface area (Å²) in [4.78, 5) is 50.5. The van der Waals surface area contributed by atoms with Gasteiger partial charge in [0.1, 0.15) is 17.2 Å². The van der Waals surface area contributed by atoms with Gasteiger partial charge in [0.15, 0.2) is 11.5 Å². The van der Waals surface area contributed by atoms with Crippen molar-refractivity contribution in [3.63, 3.8) is 0 Å². The second-order valence-electron chi connectivity index (χ2n) is 9.95. The molecule has 0 spiro atoms. The van der Waals surface area contributed by atoms with Crippen molar-refractivity contribution >= 4 is 45.6 Å². The Labute approximate surface area is 247 Å². The third-order valence-corrected chi connectivity index (χ3v) is 6.96. The van der Waals surface area contributed by atoms with Crippen molar-refractivity contribution in [2.75, 3.05) is 20.2 Å². The minimum Gasteiger partial charge on any atom is -0.465 e. The van der Waals surface area contributed by atoms with Crippen LogP contribution < -0.4 is 16.0 Å². The molecule has 2 heterocycles. The first kappa shape index (κ1) is 29.1. The molecule has 0 bridgehead atoms. The van der Waals surface area contributed by atoms with Gasteiger partial charge >= 0.3 is 5.97 Å². The Kier molecular flexibility index (Phi) is 9.16. The molecule has 0 saturated carbocycles. The van der Waals surface area contributed by atoms with Gasteiger partial charge in [-0.25, -0.2) is 4.79 Å². The summed E-state index contributed by atoms with van der Waals surface area (Å²) in [5.74, 6) is -1.35. The number of furan rings is 2. The summed E-state index contributed by atoms with van der Waals surface area (Å²) in [7, 11) is 1.32. The van der Waals surface area contributed by atoms with Crippen molar-refractivity contribution in [2.45, 2.75) is 25.3 Å². The average Bonchev–Trinajstić information content (AvgIpc) is 3.67.